The molecule has 1 amide bonds. The molecule has 1 N–H and O–H groups in total. The number of hydrogen-bond donors (Lipinski definition) is 1. The lowest BCUT2D eigenvalue weighted by atomic mass is 10.2. The molecule has 0 fully saturated rings. The van der Waals surface area contributed by atoms with Crippen LogP contribution < -0.4 is 5.32 Å². The number of carbonyl (C=O) groups excluding carboxylic acids is 1. The highest BCUT2D eigenvalue weighted by molar-refractivity contribution is 5.93. The third-order valence-electron chi connectivity index (χ3n) is 2.27. The summed E-state index contributed by atoms with van der Waals surface area (Å²) in [5.41, 5.74) is 1.66. The van der Waals surface area contributed by atoms with Crippen LogP contribution in [0, 0.1) is 0 Å². The SMILES string of the molecule is O=C(NC/C=C/c1ccccc1)c1ccoc1. The molecule has 17 heavy (non-hydrogen) atoms. The highest BCUT2D eigenvalue weighted by Gasteiger charge is 2.03. The molecule has 1 heterocycles. The van der Waals surface area contributed by atoms with E-state index in [9.17, 15) is 4.79 Å². The van der Waals surface area contributed by atoms with Crippen LogP contribution in [0.3, 0.4) is 0 Å². The molecular weight excluding hydrogens is 214 g/mol. The number of amides is 1. The Kier molecular flexibility index (Phi) is 3.76. The van der Waals surface area contributed by atoms with E-state index in [1.807, 2.05) is 42.5 Å². The summed E-state index contributed by atoms with van der Waals surface area (Å²) in [6, 6.07) is 11.6. The van der Waals surface area contributed by atoms with Gasteiger partial charge in [0.25, 0.3) is 5.91 Å². The fourth-order valence-corrected chi connectivity index (χ4v) is 1.41. The predicted molar refractivity (Wildman–Crippen MR) is 66.5 cm³/mol. The maximum Gasteiger partial charge on any atom is 0.254 e. The monoisotopic (exact) mass is 227 g/mol. The van der Waals surface area contributed by atoms with E-state index in [1.54, 1.807) is 6.07 Å². The molecule has 0 radical (unpaired) electrons. The van der Waals surface area contributed by atoms with Gasteiger partial charge in [-0.1, -0.05) is 42.5 Å². The molecule has 0 aliphatic heterocycles. The van der Waals surface area contributed by atoms with Crippen molar-refractivity contribution in [2.24, 2.45) is 0 Å². The molecule has 0 spiro atoms. The van der Waals surface area contributed by atoms with Gasteiger partial charge in [0.1, 0.15) is 6.26 Å². The van der Waals surface area contributed by atoms with Crippen LogP contribution in [0.4, 0.5) is 0 Å². The van der Waals surface area contributed by atoms with Gasteiger partial charge in [0, 0.05) is 6.54 Å². The maximum atomic E-state index is 11.5. The van der Waals surface area contributed by atoms with Gasteiger partial charge in [-0.25, -0.2) is 0 Å². The third-order valence-corrected chi connectivity index (χ3v) is 2.27. The van der Waals surface area contributed by atoms with Crippen molar-refractivity contribution in [3.8, 4) is 0 Å². The Morgan fingerprint density at radius 3 is 2.76 bits per heavy atom. The Labute approximate surface area is 99.8 Å². The summed E-state index contributed by atoms with van der Waals surface area (Å²) in [6.07, 6.45) is 6.79. The Morgan fingerprint density at radius 2 is 2.06 bits per heavy atom. The standard InChI is InChI=1S/C14H13NO2/c16-14(13-8-10-17-11-13)15-9-4-7-12-5-2-1-3-6-12/h1-8,10-11H,9H2,(H,15,16)/b7-4+. The van der Waals surface area contributed by atoms with Crippen molar-refractivity contribution in [3.63, 3.8) is 0 Å². The van der Waals surface area contributed by atoms with Gasteiger partial charge in [-0.3, -0.25) is 4.79 Å². The molecule has 0 aliphatic carbocycles. The number of rotatable bonds is 4. The zero-order chi connectivity index (χ0) is 11.9. The van der Waals surface area contributed by atoms with Crippen molar-refractivity contribution < 1.29 is 9.21 Å². The van der Waals surface area contributed by atoms with Gasteiger partial charge in [-0.2, -0.15) is 0 Å². The van der Waals surface area contributed by atoms with Crippen LogP contribution in [0.5, 0.6) is 0 Å². The lowest BCUT2D eigenvalue weighted by Crippen LogP contribution is -2.22. The van der Waals surface area contributed by atoms with Crippen molar-refractivity contribution in [3.05, 3.63) is 66.1 Å². The van der Waals surface area contributed by atoms with Crippen LogP contribution in [0.15, 0.2) is 59.4 Å². The Bertz CT molecular complexity index is 486. The summed E-state index contributed by atoms with van der Waals surface area (Å²) in [7, 11) is 0. The van der Waals surface area contributed by atoms with Gasteiger partial charge in [0.2, 0.25) is 0 Å². The zero-order valence-corrected chi connectivity index (χ0v) is 9.30. The maximum absolute atomic E-state index is 11.5. The molecule has 0 bridgehead atoms. The first kappa shape index (κ1) is 11.2. The molecule has 86 valence electrons. The van der Waals surface area contributed by atoms with Gasteiger partial charge in [-0.05, 0) is 11.6 Å². The number of hydrogen-bond acceptors (Lipinski definition) is 2. The zero-order valence-electron chi connectivity index (χ0n) is 9.30. The largest absolute Gasteiger partial charge is 0.472 e. The predicted octanol–water partition coefficient (Wildman–Crippen LogP) is 2.72. The van der Waals surface area contributed by atoms with Crippen molar-refractivity contribution in [1.82, 2.24) is 5.32 Å². The second-order valence-electron chi connectivity index (χ2n) is 3.54. The van der Waals surface area contributed by atoms with E-state index in [1.165, 1.54) is 12.5 Å². The average molecular weight is 227 g/mol. The number of benzene rings is 1. The summed E-state index contributed by atoms with van der Waals surface area (Å²) >= 11 is 0. The minimum atomic E-state index is -0.128. The summed E-state index contributed by atoms with van der Waals surface area (Å²) in [6.45, 7) is 0.499. The Hall–Kier alpha value is -2.29. The van der Waals surface area contributed by atoms with Gasteiger partial charge in [0.05, 0.1) is 11.8 Å². The van der Waals surface area contributed by atoms with Crippen molar-refractivity contribution in [2.45, 2.75) is 0 Å². The fraction of sp³-hybridized carbons (Fsp3) is 0.0714. The molecule has 2 rings (SSSR count). The first-order valence-electron chi connectivity index (χ1n) is 5.38. The minimum Gasteiger partial charge on any atom is -0.472 e. The molecule has 2 aromatic rings. The van der Waals surface area contributed by atoms with E-state index >= 15 is 0 Å². The molecule has 0 saturated heterocycles. The van der Waals surface area contributed by atoms with E-state index in [0.29, 0.717) is 12.1 Å². The van der Waals surface area contributed by atoms with E-state index in [-0.39, 0.29) is 5.91 Å². The summed E-state index contributed by atoms with van der Waals surface area (Å²) < 4.78 is 4.83. The third kappa shape index (κ3) is 3.34. The van der Waals surface area contributed by atoms with E-state index in [0.717, 1.165) is 5.56 Å². The minimum absolute atomic E-state index is 0.128. The first-order chi connectivity index (χ1) is 8.36. The highest BCUT2D eigenvalue weighted by Crippen LogP contribution is 2.01. The highest BCUT2D eigenvalue weighted by atomic mass is 16.3. The van der Waals surface area contributed by atoms with Gasteiger partial charge >= 0.3 is 0 Å². The molecule has 1 aromatic heterocycles. The van der Waals surface area contributed by atoms with Crippen LogP contribution in [0.2, 0.25) is 0 Å². The van der Waals surface area contributed by atoms with Gasteiger partial charge in [0.15, 0.2) is 0 Å². The van der Waals surface area contributed by atoms with Crippen LogP contribution in [-0.4, -0.2) is 12.5 Å². The molecular formula is C14H13NO2. The smallest absolute Gasteiger partial charge is 0.254 e. The van der Waals surface area contributed by atoms with Gasteiger partial charge in [-0.15, -0.1) is 0 Å². The molecule has 0 unspecified atom stereocenters. The van der Waals surface area contributed by atoms with Crippen LogP contribution in [-0.2, 0) is 0 Å². The lowest BCUT2D eigenvalue weighted by molar-refractivity contribution is 0.0957. The quantitative estimate of drug-likeness (QED) is 0.872. The lowest BCUT2D eigenvalue weighted by Gasteiger charge is -1.98. The van der Waals surface area contributed by atoms with Crippen LogP contribution in [0.1, 0.15) is 15.9 Å². The van der Waals surface area contributed by atoms with E-state index < -0.39 is 0 Å². The molecule has 3 heteroatoms. The van der Waals surface area contributed by atoms with E-state index in [4.69, 9.17) is 4.42 Å². The second-order valence-corrected chi connectivity index (χ2v) is 3.54. The van der Waals surface area contributed by atoms with Crippen molar-refractivity contribution >= 4 is 12.0 Å². The number of nitrogens with one attached hydrogen (secondary N) is 1. The first-order valence-corrected chi connectivity index (χ1v) is 5.38. The molecule has 3 nitrogen and oxygen atoms in total. The molecule has 0 atom stereocenters. The molecule has 1 aromatic carbocycles. The van der Waals surface area contributed by atoms with Crippen LogP contribution >= 0.6 is 0 Å². The molecule has 0 aliphatic rings. The van der Waals surface area contributed by atoms with E-state index in [2.05, 4.69) is 5.32 Å². The normalized spacial score (nSPS) is 10.6. The van der Waals surface area contributed by atoms with Crippen molar-refractivity contribution in [1.29, 1.82) is 0 Å². The second kappa shape index (κ2) is 5.70. The number of carbonyl (C=O) groups is 1. The Balaban J connectivity index is 1.80. The summed E-state index contributed by atoms with van der Waals surface area (Å²) in [5, 5.41) is 2.77. The average Bonchev–Trinajstić information content (AvgIpc) is 2.89. The summed E-state index contributed by atoms with van der Waals surface area (Å²) in [5.74, 6) is -0.128. The topological polar surface area (TPSA) is 42.2 Å². The van der Waals surface area contributed by atoms with Crippen LogP contribution in [0.25, 0.3) is 6.08 Å². The summed E-state index contributed by atoms with van der Waals surface area (Å²) in [4.78, 5) is 11.5. The number of furan rings is 1. The molecule has 0 saturated carbocycles. The van der Waals surface area contributed by atoms with Gasteiger partial charge < -0.3 is 9.73 Å². The Morgan fingerprint density at radius 1 is 1.24 bits per heavy atom. The van der Waals surface area contributed by atoms with Crippen molar-refractivity contribution in [2.75, 3.05) is 6.54 Å². The fourth-order valence-electron chi connectivity index (χ4n) is 1.41.